The number of halogens is 3. The van der Waals surface area contributed by atoms with Gasteiger partial charge >= 0.3 is 0 Å². The fourth-order valence-electron chi connectivity index (χ4n) is 3.91. The van der Waals surface area contributed by atoms with Crippen LogP contribution in [0.5, 0.6) is 0 Å². The van der Waals surface area contributed by atoms with Gasteiger partial charge in [-0.25, -0.2) is 9.97 Å². The van der Waals surface area contributed by atoms with E-state index in [9.17, 15) is 0 Å². The highest BCUT2D eigenvalue weighted by Crippen LogP contribution is 2.29. The van der Waals surface area contributed by atoms with Gasteiger partial charge in [-0.1, -0.05) is 24.6 Å². The summed E-state index contributed by atoms with van der Waals surface area (Å²) in [5, 5.41) is 4.77. The van der Waals surface area contributed by atoms with Gasteiger partial charge in [-0.2, -0.15) is 0 Å². The summed E-state index contributed by atoms with van der Waals surface area (Å²) in [5.41, 5.74) is 9.18. The van der Waals surface area contributed by atoms with Gasteiger partial charge in [0, 0.05) is 23.7 Å². The number of nitrogens with zero attached hydrogens (tertiary/aromatic N) is 3. The predicted octanol–water partition coefficient (Wildman–Crippen LogP) is 5.70. The number of benzene rings is 1. The number of fused-ring (bicyclic) bond motifs is 1. The van der Waals surface area contributed by atoms with Gasteiger partial charge < -0.3 is 11.1 Å². The number of nitrogens with two attached hydrogens (primary N) is 1. The van der Waals surface area contributed by atoms with E-state index in [1.807, 2.05) is 30.4 Å². The molecule has 31 heavy (non-hydrogen) atoms. The highest BCUT2D eigenvalue weighted by molar-refractivity contribution is 5.90. The maximum absolute atomic E-state index is 6.14. The third-order valence-electron chi connectivity index (χ3n) is 5.49. The summed E-state index contributed by atoms with van der Waals surface area (Å²) in [6, 6.07) is 12.9. The summed E-state index contributed by atoms with van der Waals surface area (Å²) in [7, 11) is 0. The highest BCUT2D eigenvalue weighted by Gasteiger charge is 2.26. The van der Waals surface area contributed by atoms with Crippen LogP contribution < -0.4 is 11.1 Å². The van der Waals surface area contributed by atoms with Crippen molar-refractivity contribution in [1.29, 1.82) is 0 Å². The summed E-state index contributed by atoms with van der Waals surface area (Å²) >= 11 is 0. The Morgan fingerprint density at radius 2 is 1.84 bits per heavy atom. The zero-order chi connectivity index (χ0) is 19.5. The van der Waals surface area contributed by atoms with Crippen molar-refractivity contribution in [3.05, 3.63) is 59.7 Å². The molecule has 0 spiro atoms. The Labute approximate surface area is 202 Å². The maximum Gasteiger partial charge on any atom is 0.155 e. The molecule has 3 N–H and O–H groups in total. The van der Waals surface area contributed by atoms with E-state index >= 15 is 0 Å². The van der Waals surface area contributed by atoms with E-state index in [1.165, 1.54) is 5.56 Å². The van der Waals surface area contributed by atoms with Crippen molar-refractivity contribution in [3.8, 4) is 0 Å². The lowest BCUT2D eigenvalue weighted by Gasteiger charge is -2.33. The first-order chi connectivity index (χ1) is 13.6. The second kappa shape index (κ2) is 12.2. The summed E-state index contributed by atoms with van der Waals surface area (Å²) in [6.45, 7) is 4.37. The third kappa shape index (κ3) is 6.78. The van der Waals surface area contributed by atoms with Gasteiger partial charge in [0.25, 0.3) is 0 Å². The summed E-state index contributed by atoms with van der Waals surface area (Å²) < 4.78 is 0. The van der Waals surface area contributed by atoms with Gasteiger partial charge in [-0.05, 0) is 68.5 Å². The lowest BCUT2D eigenvalue weighted by atomic mass is 9.83. The molecule has 2 heterocycles. The van der Waals surface area contributed by atoms with Crippen molar-refractivity contribution >= 4 is 66.1 Å². The van der Waals surface area contributed by atoms with Crippen molar-refractivity contribution in [3.63, 3.8) is 0 Å². The molecule has 0 aliphatic heterocycles. The molecule has 3 atom stereocenters. The van der Waals surface area contributed by atoms with Gasteiger partial charge in [0.15, 0.2) is 5.82 Å². The van der Waals surface area contributed by atoms with Crippen molar-refractivity contribution in [2.45, 2.75) is 45.2 Å². The van der Waals surface area contributed by atoms with Crippen LogP contribution in [0.15, 0.2) is 42.6 Å². The number of nitrogens with one attached hydrogen (secondary N) is 1. The first kappa shape index (κ1) is 27.1. The zero-order valence-electron chi connectivity index (χ0n) is 17.7. The Morgan fingerprint density at radius 1 is 1.03 bits per heavy atom. The van der Waals surface area contributed by atoms with Crippen LogP contribution in [0, 0.1) is 12.8 Å². The number of aryl methyl sites for hydroxylation is 1. The van der Waals surface area contributed by atoms with Gasteiger partial charge in [0.1, 0.15) is 5.82 Å². The summed E-state index contributed by atoms with van der Waals surface area (Å²) in [4.78, 5) is 13.9. The Bertz CT molecular complexity index is 997. The molecule has 0 amide bonds. The molecule has 3 aromatic rings. The molecule has 1 fully saturated rings. The molecule has 0 unspecified atom stereocenters. The molecular weight excluding hydrogens is 453 g/mol. The van der Waals surface area contributed by atoms with Crippen LogP contribution in [0.1, 0.15) is 43.3 Å². The molecule has 8 heteroatoms. The van der Waals surface area contributed by atoms with Crippen molar-refractivity contribution in [2.75, 3.05) is 5.32 Å². The molecule has 0 bridgehead atoms. The molecular formula is C23H30Cl3N5. The van der Waals surface area contributed by atoms with E-state index in [-0.39, 0.29) is 37.2 Å². The topological polar surface area (TPSA) is 76.7 Å². The zero-order valence-corrected chi connectivity index (χ0v) is 20.1. The number of anilines is 1. The standard InChI is InChI=1S/C23H27N5.3ClH/c1-15-6-9-21-19(13-15)23(27-20-10-7-17(24)14-16(20)2)28-22(26-21)11-8-18-5-3-4-12-25-18;;;/h3-6,8-9,11-13,16-17,20H,7,10,14,24H2,1-2H3,(H,26,27,28);3*1H/t16-,17-,20+;;;/m0.../s1. The number of hydrogen-bond donors (Lipinski definition) is 2. The number of aromatic nitrogens is 3. The fourth-order valence-corrected chi connectivity index (χ4v) is 3.91. The first-order valence-corrected chi connectivity index (χ1v) is 9.98. The summed E-state index contributed by atoms with van der Waals surface area (Å²) in [5.74, 6) is 2.11. The van der Waals surface area contributed by atoms with E-state index in [0.717, 1.165) is 41.7 Å². The fraction of sp³-hybridized carbons (Fsp3) is 0.348. The minimum Gasteiger partial charge on any atom is -0.366 e. The minimum absolute atomic E-state index is 0. The maximum atomic E-state index is 6.14. The molecule has 4 rings (SSSR count). The molecule has 1 aliphatic rings. The van der Waals surface area contributed by atoms with Crippen LogP contribution in [0.2, 0.25) is 0 Å². The van der Waals surface area contributed by atoms with E-state index in [0.29, 0.717) is 23.8 Å². The largest absolute Gasteiger partial charge is 0.366 e. The average Bonchev–Trinajstić information content (AvgIpc) is 2.69. The van der Waals surface area contributed by atoms with Gasteiger partial charge in [0.05, 0.1) is 11.2 Å². The van der Waals surface area contributed by atoms with Crippen LogP contribution >= 0.6 is 37.2 Å². The monoisotopic (exact) mass is 481 g/mol. The first-order valence-electron chi connectivity index (χ1n) is 9.98. The van der Waals surface area contributed by atoms with Gasteiger partial charge in [-0.3, -0.25) is 4.98 Å². The van der Waals surface area contributed by atoms with E-state index < -0.39 is 0 Å². The van der Waals surface area contributed by atoms with Gasteiger partial charge in [0.2, 0.25) is 0 Å². The summed E-state index contributed by atoms with van der Waals surface area (Å²) in [6.07, 6.45) is 8.82. The second-order valence-corrected chi connectivity index (χ2v) is 7.84. The molecule has 168 valence electrons. The number of pyridine rings is 1. The SMILES string of the molecule is Cc1ccc2nc(C=Cc3ccccn3)nc(N[C@@H]3CC[C@H](N)C[C@@H]3C)c2c1.Cl.Cl.Cl. The quantitative estimate of drug-likeness (QED) is 0.499. The molecule has 1 aromatic carbocycles. The van der Waals surface area contributed by atoms with Crippen LogP contribution in [-0.2, 0) is 0 Å². The van der Waals surface area contributed by atoms with Gasteiger partial charge in [-0.15, -0.1) is 37.2 Å². The Morgan fingerprint density at radius 3 is 2.55 bits per heavy atom. The Hall–Kier alpha value is -1.92. The van der Waals surface area contributed by atoms with E-state index in [1.54, 1.807) is 6.20 Å². The van der Waals surface area contributed by atoms with Crippen LogP contribution in [0.4, 0.5) is 5.82 Å². The molecule has 5 nitrogen and oxygen atoms in total. The molecule has 2 aromatic heterocycles. The van der Waals surface area contributed by atoms with Crippen molar-refractivity contribution in [1.82, 2.24) is 15.0 Å². The lowest BCUT2D eigenvalue weighted by Crippen LogP contribution is -2.39. The lowest BCUT2D eigenvalue weighted by molar-refractivity contribution is 0.314. The second-order valence-electron chi connectivity index (χ2n) is 7.84. The normalized spacial score (nSPS) is 20.4. The average molecular weight is 483 g/mol. The molecule has 1 aliphatic carbocycles. The number of rotatable bonds is 4. The van der Waals surface area contributed by atoms with Crippen molar-refractivity contribution in [2.24, 2.45) is 11.7 Å². The van der Waals surface area contributed by atoms with Crippen molar-refractivity contribution < 1.29 is 0 Å². The highest BCUT2D eigenvalue weighted by atomic mass is 35.5. The predicted molar refractivity (Wildman–Crippen MR) is 138 cm³/mol. The molecule has 0 radical (unpaired) electrons. The molecule has 0 saturated heterocycles. The van der Waals surface area contributed by atoms with Crippen LogP contribution in [0.3, 0.4) is 0 Å². The molecule has 1 saturated carbocycles. The Balaban J connectivity index is 0.00000160. The van der Waals surface area contributed by atoms with E-state index in [2.05, 4.69) is 42.3 Å². The van der Waals surface area contributed by atoms with E-state index in [4.69, 9.17) is 15.7 Å². The Kier molecular flexibility index (Phi) is 10.7. The number of hydrogen-bond acceptors (Lipinski definition) is 5. The van der Waals surface area contributed by atoms with Crippen LogP contribution in [-0.4, -0.2) is 27.0 Å². The third-order valence-corrected chi connectivity index (χ3v) is 5.49. The van der Waals surface area contributed by atoms with Crippen LogP contribution in [0.25, 0.3) is 23.1 Å². The smallest absolute Gasteiger partial charge is 0.155 e. The minimum atomic E-state index is 0.